The molecule has 2 N–H and O–H groups in total. The van der Waals surface area contributed by atoms with Crippen molar-refractivity contribution in [2.45, 2.75) is 36.6 Å². The second-order valence-corrected chi connectivity index (χ2v) is 5.68. The summed E-state index contributed by atoms with van der Waals surface area (Å²) in [5.41, 5.74) is 5.08. The van der Waals surface area contributed by atoms with Gasteiger partial charge in [0.25, 0.3) is 0 Å². The Hall–Kier alpha value is -1.18. The molecule has 0 heterocycles. The molecular weight excluding hydrogens is 244 g/mol. The first-order valence-electron chi connectivity index (χ1n) is 6.04. The van der Waals surface area contributed by atoms with E-state index in [2.05, 4.69) is 18.2 Å². The minimum absolute atomic E-state index is 0.676. The van der Waals surface area contributed by atoms with Gasteiger partial charge in [-0.2, -0.15) is 5.26 Å². The average molecular weight is 264 g/mol. The minimum Gasteiger partial charge on any atom is -0.497 e. The van der Waals surface area contributed by atoms with E-state index in [1.807, 2.05) is 23.9 Å². The molecule has 1 unspecified atom stereocenters. The maximum absolute atomic E-state index is 8.79. The van der Waals surface area contributed by atoms with E-state index in [9.17, 15) is 0 Å². The van der Waals surface area contributed by atoms with E-state index in [1.165, 1.54) is 4.90 Å². The van der Waals surface area contributed by atoms with Crippen molar-refractivity contribution >= 4 is 11.8 Å². The number of thioether (sulfide) groups is 1. The monoisotopic (exact) mass is 264 g/mol. The Morgan fingerprint density at radius 1 is 1.33 bits per heavy atom. The molecule has 4 heteroatoms. The van der Waals surface area contributed by atoms with Crippen molar-refractivity contribution in [1.29, 1.82) is 5.26 Å². The van der Waals surface area contributed by atoms with E-state index in [1.54, 1.807) is 14.0 Å². The standard InChI is InChI=1S/C14H20N2OS/c1-14(16,11-15)9-3-4-10-18-13-7-5-12(17-2)6-8-13/h5-8H,3-4,9-10,16H2,1-2H3. The predicted octanol–water partition coefficient (Wildman–Crippen LogP) is 3.20. The third-order valence-electron chi connectivity index (χ3n) is 2.67. The number of nitrogens with two attached hydrogens (primary N) is 1. The summed E-state index contributed by atoms with van der Waals surface area (Å²) in [5, 5.41) is 8.79. The maximum Gasteiger partial charge on any atom is 0.118 e. The lowest BCUT2D eigenvalue weighted by atomic mass is 9.99. The Morgan fingerprint density at radius 2 is 2.00 bits per heavy atom. The first kappa shape index (κ1) is 14.9. The van der Waals surface area contributed by atoms with Crippen LogP contribution in [0.2, 0.25) is 0 Å². The van der Waals surface area contributed by atoms with Gasteiger partial charge >= 0.3 is 0 Å². The lowest BCUT2D eigenvalue weighted by Crippen LogP contribution is -2.33. The molecule has 0 radical (unpaired) electrons. The van der Waals surface area contributed by atoms with Crippen LogP contribution in [0.1, 0.15) is 26.2 Å². The molecule has 0 saturated heterocycles. The van der Waals surface area contributed by atoms with Crippen LogP contribution in [0.25, 0.3) is 0 Å². The van der Waals surface area contributed by atoms with Crippen molar-refractivity contribution in [1.82, 2.24) is 0 Å². The van der Waals surface area contributed by atoms with E-state index in [4.69, 9.17) is 15.7 Å². The molecule has 1 aromatic carbocycles. The summed E-state index contributed by atoms with van der Waals surface area (Å²) in [7, 11) is 1.67. The van der Waals surface area contributed by atoms with Crippen LogP contribution in [0.15, 0.2) is 29.2 Å². The molecule has 0 fully saturated rings. The normalized spacial score (nSPS) is 13.7. The van der Waals surface area contributed by atoms with Crippen LogP contribution in [-0.2, 0) is 0 Å². The fourth-order valence-electron chi connectivity index (χ4n) is 1.51. The van der Waals surface area contributed by atoms with Gasteiger partial charge in [-0.05, 0) is 56.2 Å². The van der Waals surface area contributed by atoms with E-state index in [-0.39, 0.29) is 0 Å². The van der Waals surface area contributed by atoms with Gasteiger partial charge in [0.15, 0.2) is 0 Å². The van der Waals surface area contributed by atoms with E-state index in [0.29, 0.717) is 0 Å². The highest BCUT2D eigenvalue weighted by molar-refractivity contribution is 7.99. The lowest BCUT2D eigenvalue weighted by Gasteiger charge is -2.14. The molecule has 0 saturated carbocycles. The lowest BCUT2D eigenvalue weighted by molar-refractivity contribution is 0.414. The van der Waals surface area contributed by atoms with Gasteiger partial charge in [-0.15, -0.1) is 11.8 Å². The number of nitriles is 1. The van der Waals surface area contributed by atoms with Crippen LogP contribution < -0.4 is 10.5 Å². The molecule has 0 spiro atoms. The fraction of sp³-hybridized carbons (Fsp3) is 0.500. The zero-order chi connectivity index (χ0) is 13.4. The van der Waals surface area contributed by atoms with Crippen LogP contribution >= 0.6 is 11.8 Å². The first-order chi connectivity index (χ1) is 8.57. The van der Waals surface area contributed by atoms with Crippen molar-refractivity contribution < 1.29 is 4.74 Å². The quantitative estimate of drug-likeness (QED) is 0.607. The highest BCUT2D eigenvalue weighted by atomic mass is 32.2. The van der Waals surface area contributed by atoms with Gasteiger partial charge < -0.3 is 10.5 Å². The summed E-state index contributed by atoms with van der Waals surface area (Å²) >= 11 is 1.82. The second-order valence-electron chi connectivity index (χ2n) is 4.51. The number of nitrogens with zero attached hydrogens (tertiary/aromatic N) is 1. The van der Waals surface area contributed by atoms with Gasteiger partial charge in [-0.25, -0.2) is 0 Å². The van der Waals surface area contributed by atoms with Crippen LogP contribution in [-0.4, -0.2) is 18.4 Å². The predicted molar refractivity (Wildman–Crippen MR) is 75.8 cm³/mol. The molecule has 3 nitrogen and oxygen atoms in total. The summed E-state index contributed by atoms with van der Waals surface area (Å²) in [4.78, 5) is 1.24. The van der Waals surface area contributed by atoms with Gasteiger partial charge in [0, 0.05) is 4.90 Å². The number of methoxy groups -OCH3 is 1. The van der Waals surface area contributed by atoms with Crippen LogP contribution in [0.4, 0.5) is 0 Å². The van der Waals surface area contributed by atoms with E-state index >= 15 is 0 Å². The Bertz CT molecular complexity index is 395. The Morgan fingerprint density at radius 3 is 2.56 bits per heavy atom. The molecular formula is C14H20N2OS. The molecule has 0 amide bonds. The number of unbranched alkanes of at least 4 members (excludes halogenated alkanes) is 1. The number of ether oxygens (including phenoxy) is 1. The number of hydrogen-bond acceptors (Lipinski definition) is 4. The van der Waals surface area contributed by atoms with Crippen LogP contribution in [0.3, 0.4) is 0 Å². The SMILES string of the molecule is COc1ccc(SCCCCC(C)(N)C#N)cc1. The molecule has 0 aromatic heterocycles. The number of rotatable bonds is 7. The molecule has 1 atom stereocenters. The van der Waals surface area contributed by atoms with E-state index in [0.717, 1.165) is 30.8 Å². The molecule has 0 aliphatic heterocycles. The molecule has 1 rings (SSSR count). The van der Waals surface area contributed by atoms with Crippen molar-refractivity contribution in [3.63, 3.8) is 0 Å². The van der Waals surface area contributed by atoms with Crippen molar-refractivity contribution in [2.75, 3.05) is 12.9 Å². The Labute approximate surface area is 113 Å². The summed E-state index contributed by atoms with van der Waals surface area (Å²) in [6, 6.07) is 10.2. The molecule has 98 valence electrons. The van der Waals surface area contributed by atoms with Crippen LogP contribution in [0, 0.1) is 11.3 Å². The fourth-order valence-corrected chi connectivity index (χ4v) is 2.42. The molecule has 0 bridgehead atoms. The summed E-state index contributed by atoms with van der Waals surface area (Å²) < 4.78 is 5.11. The largest absolute Gasteiger partial charge is 0.497 e. The van der Waals surface area contributed by atoms with Gasteiger partial charge in [0.2, 0.25) is 0 Å². The average Bonchev–Trinajstić information content (AvgIpc) is 2.39. The molecule has 18 heavy (non-hydrogen) atoms. The van der Waals surface area contributed by atoms with Crippen molar-refractivity contribution in [3.05, 3.63) is 24.3 Å². The van der Waals surface area contributed by atoms with Gasteiger partial charge in [-0.1, -0.05) is 0 Å². The Balaban J connectivity index is 2.20. The molecule has 0 aliphatic carbocycles. The van der Waals surface area contributed by atoms with Crippen molar-refractivity contribution in [3.8, 4) is 11.8 Å². The highest BCUT2D eigenvalue weighted by Gasteiger charge is 2.15. The Kier molecular flexibility index (Phi) is 6.03. The van der Waals surface area contributed by atoms with Gasteiger partial charge in [-0.3, -0.25) is 0 Å². The number of hydrogen-bond donors (Lipinski definition) is 1. The summed E-state index contributed by atoms with van der Waals surface area (Å²) in [6.45, 7) is 1.78. The van der Waals surface area contributed by atoms with Gasteiger partial charge in [0.05, 0.1) is 13.2 Å². The third kappa shape index (κ3) is 5.44. The maximum atomic E-state index is 8.79. The topological polar surface area (TPSA) is 59.0 Å². The summed E-state index contributed by atoms with van der Waals surface area (Å²) in [5.74, 6) is 1.93. The first-order valence-corrected chi connectivity index (χ1v) is 7.03. The number of benzene rings is 1. The van der Waals surface area contributed by atoms with E-state index < -0.39 is 5.54 Å². The van der Waals surface area contributed by atoms with Crippen molar-refractivity contribution in [2.24, 2.45) is 5.73 Å². The zero-order valence-corrected chi connectivity index (χ0v) is 11.8. The molecule has 1 aromatic rings. The minimum atomic E-state index is -0.676. The molecule has 0 aliphatic rings. The zero-order valence-electron chi connectivity index (χ0n) is 11.0. The van der Waals surface area contributed by atoms with Gasteiger partial charge in [0.1, 0.15) is 11.3 Å². The third-order valence-corrected chi connectivity index (χ3v) is 3.77. The second kappa shape index (κ2) is 7.30. The van der Waals surface area contributed by atoms with Crippen LogP contribution in [0.5, 0.6) is 5.75 Å². The highest BCUT2D eigenvalue weighted by Crippen LogP contribution is 2.23. The summed E-state index contributed by atoms with van der Waals surface area (Å²) in [6.07, 6.45) is 2.82. The smallest absolute Gasteiger partial charge is 0.118 e.